The molecule has 0 unspecified atom stereocenters. The Kier molecular flexibility index (Phi) is 6.80. The lowest BCUT2D eigenvalue weighted by Gasteiger charge is -2.11. The summed E-state index contributed by atoms with van der Waals surface area (Å²) in [5.41, 5.74) is 10.8. The Hall–Kier alpha value is -6.14. The van der Waals surface area contributed by atoms with E-state index in [-0.39, 0.29) is 0 Å². The predicted molar refractivity (Wildman–Crippen MR) is 185 cm³/mol. The van der Waals surface area contributed by atoms with Crippen LogP contribution in [-0.4, -0.2) is 29.9 Å². The van der Waals surface area contributed by atoms with Crippen molar-refractivity contribution in [3.05, 3.63) is 145 Å². The van der Waals surface area contributed by atoms with Crippen molar-refractivity contribution >= 4 is 21.8 Å². The van der Waals surface area contributed by atoms with Gasteiger partial charge in [0, 0.05) is 39.4 Å². The number of hydrogen-bond acceptors (Lipinski definition) is 6. The van der Waals surface area contributed by atoms with Gasteiger partial charge in [-0.2, -0.15) is 0 Å². The molecule has 4 aromatic heterocycles. The summed E-state index contributed by atoms with van der Waals surface area (Å²) in [4.78, 5) is 28.8. The molecule has 6 nitrogen and oxygen atoms in total. The molecular formula is C40H28N6. The number of aromatic nitrogens is 6. The summed E-state index contributed by atoms with van der Waals surface area (Å²) in [6.45, 7) is 4.16. The minimum absolute atomic E-state index is 0.542. The van der Waals surface area contributed by atoms with E-state index < -0.39 is 0 Å². The zero-order valence-corrected chi connectivity index (χ0v) is 25.4. The zero-order valence-electron chi connectivity index (χ0n) is 25.4. The maximum absolute atomic E-state index is 5.10. The molecule has 0 saturated carbocycles. The highest BCUT2D eigenvalue weighted by molar-refractivity contribution is 6.04. The first kappa shape index (κ1) is 27.4. The van der Waals surface area contributed by atoms with E-state index in [4.69, 9.17) is 24.9 Å². The van der Waals surface area contributed by atoms with Gasteiger partial charge in [0.1, 0.15) is 5.69 Å². The van der Waals surface area contributed by atoms with Gasteiger partial charge in [0.2, 0.25) is 0 Å². The number of benzene rings is 4. The van der Waals surface area contributed by atoms with E-state index in [0.29, 0.717) is 23.2 Å². The zero-order chi connectivity index (χ0) is 31.0. The number of rotatable bonds is 5. The number of nitrogens with zero attached hydrogens (tertiary/aromatic N) is 6. The van der Waals surface area contributed by atoms with Crippen LogP contribution in [0.15, 0.2) is 134 Å². The van der Waals surface area contributed by atoms with Gasteiger partial charge in [0.15, 0.2) is 17.5 Å². The molecule has 0 spiro atoms. The summed E-state index contributed by atoms with van der Waals surface area (Å²) in [5.74, 6) is 1.76. The Morgan fingerprint density at radius 3 is 1.72 bits per heavy atom. The molecule has 0 N–H and O–H groups in total. The lowest BCUT2D eigenvalue weighted by Crippen LogP contribution is -2.00. The largest absolute Gasteiger partial charge is 0.253 e. The maximum Gasteiger partial charge on any atom is 0.182 e. The number of hydrogen-bond donors (Lipinski definition) is 0. The van der Waals surface area contributed by atoms with Crippen molar-refractivity contribution in [3.63, 3.8) is 0 Å². The smallest absolute Gasteiger partial charge is 0.182 e. The molecule has 4 aromatic carbocycles. The van der Waals surface area contributed by atoms with E-state index in [9.17, 15) is 0 Å². The van der Waals surface area contributed by atoms with Crippen molar-refractivity contribution < 1.29 is 0 Å². The fourth-order valence-corrected chi connectivity index (χ4v) is 5.76. The van der Waals surface area contributed by atoms with Crippen LogP contribution >= 0.6 is 0 Å². The molecule has 0 saturated heterocycles. The van der Waals surface area contributed by atoms with Gasteiger partial charge in [0.05, 0.1) is 16.7 Å². The molecular weight excluding hydrogens is 564 g/mol. The minimum Gasteiger partial charge on any atom is -0.253 e. The second-order valence-electron chi connectivity index (χ2n) is 11.4. The van der Waals surface area contributed by atoms with Crippen LogP contribution in [0.5, 0.6) is 0 Å². The van der Waals surface area contributed by atoms with Gasteiger partial charge in [-0.1, -0.05) is 103 Å². The van der Waals surface area contributed by atoms with Crippen LogP contribution in [0, 0.1) is 13.8 Å². The number of fused-ring (bicyclic) bond motifs is 3. The minimum atomic E-state index is 0.542. The second kappa shape index (κ2) is 11.4. The van der Waals surface area contributed by atoms with Crippen molar-refractivity contribution in [2.75, 3.05) is 0 Å². The van der Waals surface area contributed by atoms with E-state index in [1.54, 1.807) is 6.20 Å². The van der Waals surface area contributed by atoms with Crippen LogP contribution in [0.2, 0.25) is 0 Å². The highest BCUT2D eigenvalue weighted by Crippen LogP contribution is 2.31. The standard InChI is InChI=1S/C40H28N6/c1-25-24-35(43-37-33(25)22-21-30-12-11-26(2)42-36(30)37)29-17-13-27(14-18-29)28-15-19-32(20-16-28)39-44-38(31-8-4-3-5-9-31)45-40(46-39)34-10-6-7-23-41-34/h3-24H,1-2H3. The molecule has 8 aromatic rings. The van der Waals surface area contributed by atoms with Crippen molar-refractivity contribution in [2.45, 2.75) is 13.8 Å². The van der Waals surface area contributed by atoms with Gasteiger partial charge < -0.3 is 0 Å². The van der Waals surface area contributed by atoms with Gasteiger partial charge in [-0.25, -0.2) is 19.9 Å². The molecule has 0 radical (unpaired) electrons. The summed E-state index contributed by atoms with van der Waals surface area (Å²) in [5, 5.41) is 2.23. The Morgan fingerprint density at radius 1 is 0.413 bits per heavy atom. The van der Waals surface area contributed by atoms with E-state index in [1.807, 2.05) is 61.5 Å². The molecule has 0 fully saturated rings. The van der Waals surface area contributed by atoms with E-state index >= 15 is 0 Å². The molecule has 8 rings (SSSR count). The Morgan fingerprint density at radius 2 is 1.02 bits per heavy atom. The van der Waals surface area contributed by atoms with E-state index in [1.165, 1.54) is 5.56 Å². The molecule has 0 aliphatic rings. The molecule has 0 bridgehead atoms. The quantitative estimate of drug-likeness (QED) is 0.185. The van der Waals surface area contributed by atoms with E-state index in [2.05, 4.69) is 84.7 Å². The summed E-state index contributed by atoms with van der Waals surface area (Å²) in [6.07, 6.45) is 1.75. The molecule has 4 heterocycles. The molecule has 0 aliphatic carbocycles. The van der Waals surface area contributed by atoms with Gasteiger partial charge in [-0.3, -0.25) is 9.97 Å². The first-order valence-electron chi connectivity index (χ1n) is 15.2. The van der Waals surface area contributed by atoms with E-state index in [0.717, 1.165) is 61.0 Å². The Labute approximate surface area is 266 Å². The van der Waals surface area contributed by atoms with Crippen LogP contribution in [0.25, 0.3) is 78.5 Å². The highest BCUT2D eigenvalue weighted by Gasteiger charge is 2.14. The van der Waals surface area contributed by atoms with Gasteiger partial charge in [-0.15, -0.1) is 0 Å². The Balaban J connectivity index is 1.12. The van der Waals surface area contributed by atoms with Gasteiger partial charge in [0.25, 0.3) is 0 Å². The molecule has 0 aliphatic heterocycles. The fraction of sp³-hybridized carbons (Fsp3) is 0.0500. The topological polar surface area (TPSA) is 77.3 Å². The third kappa shape index (κ3) is 5.16. The van der Waals surface area contributed by atoms with Crippen LogP contribution < -0.4 is 0 Å². The summed E-state index contributed by atoms with van der Waals surface area (Å²) < 4.78 is 0. The summed E-state index contributed by atoms with van der Waals surface area (Å²) in [6, 6.07) is 43.2. The Bertz CT molecular complexity index is 2300. The summed E-state index contributed by atoms with van der Waals surface area (Å²) >= 11 is 0. The SMILES string of the molecule is Cc1ccc2ccc3c(C)cc(-c4ccc(-c5ccc(-c6nc(-c7ccccc7)nc(-c7ccccn7)n6)cc5)cc4)nc3c2n1. The normalized spacial score (nSPS) is 11.3. The summed E-state index contributed by atoms with van der Waals surface area (Å²) in [7, 11) is 0. The third-order valence-corrected chi connectivity index (χ3v) is 8.20. The second-order valence-corrected chi connectivity index (χ2v) is 11.4. The monoisotopic (exact) mass is 592 g/mol. The lowest BCUT2D eigenvalue weighted by molar-refractivity contribution is 1.06. The molecule has 0 amide bonds. The first-order valence-corrected chi connectivity index (χ1v) is 15.2. The molecule has 6 heteroatoms. The maximum atomic E-state index is 5.10. The molecule has 46 heavy (non-hydrogen) atoms. The van der Waals surface area contributed by atoms with Gasteiger partial charge >= 0.3 is 0 Å². The van der Waals surface area contributed by atoms with Gasteiger partial charge in [-0.05, 0) is 54.8 Å². The van der Waals surface area contributed by atoms with Crippen LogP contribution in [0.1, 0.15) is 11.3 Å². The van der Waals surface area contributed by atoms with Crippen molar-refractivity contribution in [3.8, 4) is 56.7 Å². The van der Waals surface area contributed by atoms with Crippen molar-refractivity contribution in [1.82, 2.24) is 29.9 Å². The highest BCUT2D eigenvalue weighted by atomic mass is 15.0. The average Bonchev–Trinajstić information content (AvgIpc) is 3.12. The predicted octanol–water partition coefficient (Wildman–Crippen LogP) is 9.31. The lowest BCUT2D eigenvalue weighted by atomic mass is 9.99. The van der Waals surface area contributed by atoms with Crippen LogP contribution in [0.3, 0.4) is 0 Å². The molecule has 0 atom stereocenters. The van der Waals surface area contributed by atoms with Crippen LogP contribution in [0.4, 0.5) is 0 Å². The fourth-order valence-electron chi connectivity index (χ4n) is 5.76. The molecule has 218 valence electrons. The van der Waals surface area contributed by atoms with Crippen LogP contribution in [-0.2, 0) is 0 Å². The average molecular weight is 593 g/mol. The van der Waals surface area contributed by atoms with Crippen molar-refractivity contribution in [1.29, 1.82) is 0 Å². The number of aryl methyl sites for hydroxylation is 2. The third-order valence-electron chi connectivity index (χ3n) is 8.20. The van der Waals surface area contributed by atoms with Crippen molar-refractivity contribution in [2.24, 2.45) is 0 Å². The number of pyridine rings is 3. The first-order chi connectivity index (χ1) is 22.6.